The molecule has 1 aromatic carbocycles. The Labute approximate surface area is 136 Å². The molecular weight excluding hydrogens is 328 g/mol. The maximum atomic E-state index is 12.1. The predicted octanol–water partition coefficient (Wildman–Crippen LogP) is 2.53. The summed E-state index contributed by atoms with van der Waals surface area (Å²) in [5.74, 6) is 7.85. The Kier molecular flexibility index (Phi) is 5.96. The van der Waals surface area contributed by atoms with Crippen LogP contribution in [0.1, 0.15) is 16.2 Å². The topological polar surface area (TPSA) is 73.8 Å². The molecule has 1 aromatic heterocycles. The summed E-state index contributed by atoms with van der Waals surface area (Å²) >= 11 is 8.80. The molecule has 0 fully saturated rings. The van der Waals surface area contributed by atoms with Crippen LogP contribution in [-0.2, 0) is 6.42 Å². The third-order valence-corrected chi connectivity index (χ3v) is 4.57. The normalized spacial score (nSPS) is 10.8. The van der Waals surface area contributed by atoms with Gasteiger partial charge in [-0.25, -0.2) is 4.68 Å². The van der Waals surface area contributed by atoms with Crippen molar-refractivity contribution in [3.8, 4) is 0 Å². The van der Waals surface area contributed by atoms with Crippen LogP contribution in [0.15, 0.2) is 29.4 Å². The van der Waals surface area contributed by atoms with Crippen molar-refractivity contribution in [2.24, 2.45) is 0 Å². The molecule has 0 radical (unpaired) electrons. The molecule has 8 heteroatoms. The van der Waals surface area contributed by atoms with Gasteiger partial charge in [0, 0.05) is 22.8 Å². The van der Waals surface area contributed by atoms with E-state index in [4.69, 9.17) is 17.4 Å². The number of nitrogens with two attached hydrogens (primary N) is 1. The van der Waals surface area contributed by atoms with Gasteiger partial charge in [-0.2, -0.15) is 11.8 Å². The fourth-order valence-electron chi connectivity index (χ4n) is 1.62. The van der Waals surface area contributed by atoms with E-state index < -0.39 is 0 Å². The van der Waals surface area contributed by atoms with Gasteiger partial charge in [-0.3, -0.25) is 4.79 Å². The summed E-state index contributed by atoms with van der Waals surface area (Å²) in [6, 6.07) is 6.82. The number of aryl methyl sites for hydroxylation is 1. The molecule has 5 nitrogen and oxygen atoms in total. The number of carbonyl (C=O) groups excluding carboxylic acids is 1. The molecule has 0 saturated heterocycles. The fraction of sp³-hybridized carbons (Fsp3) is 0.308. The second-order valence-electron chi connectivity index (χ2n) is 4.23. The number of nitrogens with zero attached hydrogens (tertiary/aromatic N) is 3. The first-order chi connectivity index (χ1) is 10.1. The number of halogens is 1. The minimum Gasteiger partial charge on any atom is -0.336 e. The van der Waals surface area contributed by atoms with Crippen LogP contribution in [0, 0.1) is 0 Å². The number of aromatic nitrogens is 3. The van der Waals surface area contributed by atoms with Gasteiger partial charge >= 0.3 is 0 Å². The highest BCUT2D eigenvalue weighted by atomic mass is 35.5. The number of carbonyl (C=O) groups is 1. The van der Waals surface area contributed by atoms with E-state index in [2.05, 4.69) is 10.2 Å². The van der Waals surface area contributed by atoms with Gasteiger partial charge in [0.15, 0.2) is 11.6 Å². The molecule has 1 heterocycles. The maximum Gasteiger partial charge on any atom is 0.210 e. The molecule has 0 bridgehead atoms. The maximum absolute atomic E-state index is 12.1. The zero-order valence-electron chi connectivity index (χ0n) is 11.5. The summed E-state index contributed by atoms with van der Waals surface area (Å²) in [5, 5.41) is 9.22. The van der Waals surface area contributed by atoms with Crippen molar-refractivity contribution in [3.63, 3.8) is 0 Å². The number of hydrogen-bond acceptors (Lipinski definition) is 6. The average Bonchev–Trinajstić information content (AvgIpc) is 2.84. The number of ketones is 1. The smallest absolute Gasteiger partial charge is 0.210 e. The lowest BCUT2D eigenvalue weighted by Crippen LogP contribution is -2.15. The van der Waals surface area contributed by atoms with Crippen LogP contribution in [0.5, 0.6) is 0 Å². The monoisotopic (exact) mass is 342 g/mol. The second-order valence-corrected chi connectivity index (χ2v) is 6.59. The molecular formula is C13H15ClN4OS2. The largest absolute Gasteiger partial charge is 0.336 e. The SMILES string of the molecule is CSCCc1nnc(SCC(=O)c2ccc(Cl)cc2)n1N. The van der Waals surface area contributed by atoms with Crippen LogP contribution >= 0.6 is 35.1 Å². The third kappa shape index (κ3) is 4.39. The Morgan fingerprint density at radius 1 is 1.33 bits per heavy atom. The minimum atomic E-state index is 0.00494. The van der Waals surface area contributed by atoms with E-state index in [9.17, 15) is 4.79 Å². The summed E-state index contributed by atoms with van der Waals surface area (Å²) in [5.41, 5.74) is 0.623. The molecule has 2 rings (SSSR count). The van der Waals surface area contributed by atoms with Crippen molar-refractivity contribution < 1.29 is 4.79 Å². The Hall–Kier alpha value is -1.18. The number of benzene rings is 1. The van der Waals surface area contributed by atoms with Gasteiger partial charge in [-0.1, -0.05) is 23.4 Å². The molecule has 2 N–H and O–H groups in total. The van der Waals surface area contributed by atoms with E-state index in [1.807, 2.05) is 6.26 Å². The summed E-state index contributed by atoms with van der Waals surface area (Å²) in [6.07, 6.45) is 2.79. The third-order valence-electron chi connectivity index (χ3n) is 2.76. The number of thioether (sulfide) groups is 2. The van der Waals surface area contributed by atoms with Gasteiger partial charge < -0.3 is 5.84 Å². The standard InChI is InChI=1S/C13H15ClN4OS2/c1-20-7-6-12-16-17-13(18(12)15)21-8-11(19)9-2-4-10(14)5-3-9/h2-5H,6-8,15H2,1H3. The van der Waals surface area contributed by atoms with E-state index >= 15 is 0 Å². The molecule has 0 atom stereocenters. The highest BCUT2D eigenvalue weighted by Crippen LogP contribution is 2.18. The first kappa shape index (κ1) is 16.2. The van der Waals surface area contributed by atoms with Crippen molar-refractivity contribution in [2.75, 3.05) is 23.6 Å². The van der Waals surface area contributed by atoms with Crippen molar-refractivity contribution in [1.29, 1.82) is 0 Å². The number of nitrogen functional groups attached to an aromatic ring is 1. The molecule has 0 unspecified atom stereocenters. The highest BCUT2D eigenvalue weighted by molar-refractivity contribution is 7.99. The zero-order chi connectivity index (χ0) is 15.2. The number of hydrogen-bond donors (Lipinski definition) is 1. The lowest BCUT2D eigenvalue weighted by Gasteiger charge is -2.03. The van der Waals surface area contributed by atoms with Crippen LogP contribution in [0.25, 0.3) is 0 Å². The summed E-state index contributed by atoms with van der Waals surface area (Å²) in [6.45, 7) is 0. The van der Waals surface area contributed by atoms with Crippen molar-refractivity contribution in [2.45, 2.75) is 11.6 Å². The minimum absolute atomic E-state index is 0.00494. The molecule has 0 amide bonds. The van der Waals surface area contributed by atoms with Crippen LogP contribution < -0.4 is 5.84 Å². The highest BCUT2D eigenvalue weighted by Gasteiger charge is 2.13. The van der Waals surface area contributed by atoms with Crippen LogP contribution in [-0.4, -0.2) is 38.4 Å². The van der Waals surface area contributed by atoms with Gasteiger partial charge in [-0.05, 0) is 30.5 Å². The van der Waals surface area contributed by atoms with E-state index in [0.717, 1.165) is 18.0 Å². The van der Waals surface area contributed by atoms with Gasteiger partial charge in [0.25, 0.3) is 0 Å². The number of Topliss-reactive ketones (excluding diaryl/α,β-unsaturated/α-hetero) is 1. The fourth-order valence-corrected chi connectivity index (χ4v) is 2.90. The Morgan fingerprint density at radius 3 is 2.71 bits per heavy atom. The molecule has 0 spiro atoms. The lowest BCUT2D eigenvalue weighted by atomic mass is 10.1. The van der Waals surface area contributed by atoms with Crippen LogP contribution in [0.3, 0.4) is 0 Å². The first-order valence-electron chi connectivity index (χ1n) is 6.21. The second kappa shape index (κ2) is 7.72. The Balaban J connectivity index is 1.95. The van der Waals surface area contributed by atoms with Crippen molar-refractivity contribution in [3.05, 3.63) is 40.7 Å². The van der Waals surface area contributed by atoms with Crippen molar-refractivity contribution >= 4 is 40.9 Å². The van der Waals surface area contributed by atoms with Gasteiger partial charge in [0.1, 0.15) is 0 Å². The number of rotatable bonds is 7. The van der Waals surface area contributed by atoms with Gasteiger partial charge in [0.05, 0.1) is 5.75 Å². The van der Waals surface area contributed by atoms with E-state index in [-0.39, 0.29) is 11.5 Å². The molecule has 0 aliphatic heterocycles. The van der Waals surface area contributed by atoms with E-state index in [1.165, 1.54) is 16.4 Å². The van der Waals surface area contributed by atoms with E-state index in [0.29, 0.717) is 15.7 Å². The molecule has 0 saturated carbocycles. The van der Waals surface area contributed by atoms with Crippen LogP contribution in [0.4, 0.5) is 0 Å². The average molecular weight is 343 g/mol. The van der Waals surface area contributed by atoms with Gasteiger partial charge in [-0.15, -0.1) is 10.2 Å². The summed E-state index contributed by atoms with van der Waals surface area (Å²) in [4.78, 5) is 12.1. The van der Waals surface area contributed by atoms with Gasteiger partial charge in [0.2, 0.25) is 5.16 Å². The molecule has 0 aliphatic rings. The molecule has 2 aromatic rings. The molecule has 0 aliphatic carbocycles. The predicted molar refractivity (Wildman–Crippen MR) is 88.8 cm³/mol. The first-order valence-corrected chi connectivity index (χ1v) is 8.97. The summed E-state index contributed by atoms with van der Waals surface area (Å²) < 4.78 is 1.45. The molecule has 21 heavy (non-hydrogen) atoms. The lowest BCUT2D eigenvalue weighted by molar-refractivity contribution is 0.102. The summed E-state index contributed by atoms with van der Waals surface area (Å²) in [7, 11) is 0. The Morgan fingerprint density at radius 2 is 2.05 bits per heavy atom. The quantitative estimate of drug-likeness (QED) is 0.473. The zero-order valence-corrected chi connectivity index (χ0v) is 13.8. The van der Waals surface area contributed by atoms with Crippen molar-refractivity contribution in [1.82, 2.24) is 14.9 Å². The molecule has 112 valence electrons. The Bertz CT molecular complexity index is 615. The van der Waals surface area contributed by atoms with Crippen LogP contribution in [0.2, 0.25) is 5.02 Å². The van der Waals surface area contributed by atoms with E-state index in [1.54, 1.807) is 36.0 Å².